The quantitative estimate of drug-likeness (QED) is 0.518. The molecule has 0 spiro atoms. The van der Waals surface area contributed by atoms with Crippen LogP contribution in [-0.4, -0.2) is 40.6 Å². The number of aliphatic hydroxyl groups excluding tert-OH is 1. The van der Waals surface area contributed by atoms with Crippen LogP contribution in [0.3, 0.4) is 0 Å². The van der Waals surface area contributed by atoms with Crippen LogP contribution in [0.25, 0.3) is 11.0 Å². The second kappa shape index (κ2) is 8.42. The van der Waals surface area contributed by atoms with Gasteiger partial charge in [-0.25, -0.2) is 4.98 Å². The highest BCUT2D eigenvalue weighted by molar-refractivity contribution is 9.10. The van der Waals surface area contributed by atoms with Crippen LogP contribution < -0.4 is 4.74 Å². The maximum atomic E-state index is 10.4. The monoisotopic (exact) mass is 430 g/mol. The van der Waals surface area contributed by atoms with Gasteiger partial charge in [0.2, 0.25) is 0 Å². The molecule has 0 amide bonds. The van der Waals surface area contributed by atoms with Gasteiger partial charge in [-0.3, -0.25) is 0 Å². The lowest BCUT2D eigenvalue weighted by molar-refractivity contribution is 0.0175. The number of hydrogen-bond donors (Lipinski definition) is 1. The fourth-order valence-corrected chi connectivity index (χ4v) is 3.44. The van der Waals surface area contributed by atoms with E-state index in [1.165, 1.54) is 12.8 Å². The fraction of sp³-hybridized carbons (Fsp3) is 0.381. The number of para-hydroxylation sites is 2. The van der Waals surface area contributed by atoms with E-state index in [-0.39, 0.29) is 6.61 Å². The van der Waals surface area contributed by atoms with Gasteiger partial charge in [0.15, 0.2) is 0 Å². The standard InChI is InChI=1S/C21H23BrN2O3/c22-16-7-9-18(10-8-16)27-12-11-26-14-17(25)13-24-20-4-2-1-3-19(20)23-21(24)15-5-6-15/h1-4,7-10,15,17,25H,5-6,11-14H2. The van der Waals surface area contributed by atoms with Gasteiger partial charge in [-0.1, -0.05) is 28.1 Å². The molecule has 0 bridgehead atoms. The van der Waals surface area contributed by atoms with Crippen molar-refractivity contribution in [2.45, 2.75) is 31.4 Å². The Bertz CT molecular complexity index is 890. The normalized spacial score (nSPS) is 15.2. The van der Waals surface area contributed by atoms with E-state index in [2.05, 4.69) is 26.6 Å². The molecule has 1 aliphatic carbocycles. The van der Waals surface area contributed by atoms with Gasteiger partial charge in [-0.2, -0.15) is 0 Å². The first kappa shape index (κ1) is 18.5. The number of aromatic nitrogens is 2. The van der Waals surface area contributed by atoms with Gasteiger partial charge in [-0.15, -0.1) is 0 Å². The van der Waals surface area contributed by atoms with Gasteiger partial charge in [0.25, 0.3) is 0 Å². The zero-order valence-electron chi connectivity index (χ0n) is 15.1. The molecule has 0 radical (unpaired) electrons. The summed E-state index contributed by atoms with van der Waals surface area (Å²) in [7, 11) is 0. The number of fused-ring (bicyclic) bond motifs is 1. The molecule has 142 valence electrons. The predicted octanol–water partition coefficient (Wildman–Crippen LogP) is 4.13. The number of aliphatic hydroxyl groups is 1. The highest BCUT2D eigenvalue weighted by Gasteiger charge is 2.30. The Morgan fingerprint density at radius 2 is 1.89 bits per heavy atom. The molecule has 2 aromatic carbocycles. The highest BCUT2D eigenvalue weighted by Crippen LogP contribution is 2.40. The topological polar surface area (TPSA) is 56.5 Å². The summed E-state index contributed by atoms with van der Waals surface area (Å²) in [6.45, 7) is 1.67. The number of benzene rings is 2. The van der Waals surface area contributed by atoms with Crippen LogP contribution in [0.1, 0.15) is 24.6 Å². The zero-order chi connectivity index (χ0) is 18.6. The summed E-state index contributed by atoms with van der Waals surface area (Å²) in [5, 5.41) is 10.4. The molecule has 1 N–H and O–H groups in total. The van der Waals surface area contributed by atoms with Crippen LogP contribution in [0.2, 0.25) is 0 Å². The Morgan fingerprint density at radius 3 is 2.67 bits per heavy atom. The lowest BCUT2D eigenvalue weighted by atomic mass is 10.3. The lowest BCUT2D eigenvalue weighted by Crippen LogP contribution is -2.24. The third-order valence-electron chi connectivity index (χ3n) is 4.64. The molecule has 5 nitrogen and oxygen atoms in total. The van der Waals surface area contributed by atoms with Crippen LogP contribution in [0.5, 0.6) is 5.75 Å². The van der Waals surface area contributed by atoms with Crippen molar-refractivity contribution >= 4 is 27.0 Å². The van der Waals surface area contributed by atoms with Crippen molar-refractivity contribution in [1.82, 2.24) is 9.55 Å². The van der Waals surface area contributed by atoms with Crippen LogP contribution in [0.4, 0.5) is 0 Å². The number of ether oxygens (including phenoxy) is 2. The van der Waals surface area contributed by atoms with Crippen molar-refractivity contribution in [1.29, 1.82) is 0 Å². The predicted molar refractivity (Wildman–Crippen MR) is 108 cm³/mol. The van der Waals surface area contributed by atoms with E-state index in [1.807, 2.05) is 42.5 Å². The van der Waals surface area contributed by atoms with Crippen molar-refractivity contribution in [3.05, 3.63) is 58.8 Å². The first-order chi connectivity index (χ1) is 13.2. The van der Waals surface area contributed by atoms with Gasteiger partial charge in [0, 0.05) is 10.4 Å². The first-order valence-corrected chi connectivity index (χ1v) is 10.1. The Hall–Kier alpha value is -1.89. The molecular formula is C21H23BrN2O3. The van der Waals surface area contributed by atoms with E-state index in [0.29, 0.717) is 25.7 Å². The molecule has 1 aromatic heterocycles. The highest BCUT2D eigenvalue weighted by atomic mass is 79.9. The smallest absolute Gasteiger partial charge is 0.119 e. The summed E-state index contributed by atoms with van der Waals surface area (Å²) >= 11 is 3.40. The van der Waals surface area contributed by atoms with Crippen molar-refractivity contribution in [2.24, 2.45) is 0 Å². The van der Waals surface area contributed by atoms with Crippen molar-refractivity contribution < 1.29 is 14.6 Å². The summed E-state index contributed by atoms with van der Waals surface area (Å²) in [6.07, 6.45) is 1.79. The van der Waals surface area contributed by atoms with Gasteiger partial charge in [0.05, 0.1) is 36.9 Å². The summed E-state index contributed by atoms with van der Waals surface area (Å²) in [5.41, 5.74) is 2.08. The van der Waals surface area contributed by atoms with Crippen molar-refractivity contribution in [2.75, 3.05) is 19.8 Å². The van der Waals surface area contributed by atoms with E-state index < -0.39 is 6.10 Å². The summed E-state index contributed by atoms with van der Waals surface area (Å²) in [6, 6.07) is 15.8. The first-order valence-electron chi connectivity index (χ1n) is 9.30. The van der Waals surface area contributed by atoms with E-state index in [4.69, 9.17) is 14.5 Å². The van der Waals surface area contributed by atoms with Crippen molar-refractivity contribution in [3.63, 3.8) is 0 Å². The molecule has 27 heavy (non-hydrogen) atoms. The molecule has 0 saturated heterocycles. The maximum Gasteiger partial charge on any atom is 0.119 e. The molecule has 4 rings (SSSR count). The average molecular weight is 431 g/mol. The van der Waals surface area contributed by atoms with E-state index in [9.17, 15) is 5.11 Å². The molecule has 0 aliphatic heterocycles. The van der Waals surface area contributed by atoms with Crippen molar-refractivity contribution in [3.8, 4) is 5.75 Å². The van der Waals surface area contributed by atoms with Crippen LogP contribution in [-0.2, 0) is 11.3 Å². The fourth-order valence-electron chi connectivity index (χ4n) is 3.17. The number of hydrogen-bond acceptors (Lipinski definition) is 4. The molecule has 1 heterocycles. The second-order valence-corrected chi connectivity index (χ2v) is 7.79. The molecule has 1 unspecified atom stereocenters. The van der Waals surface area contributed by atoms with Gasteiger partial charge in [-0.05, 0) is 49.2 Å². The number of imidazole rings is 1. The van der Waals surface area contributed by atoms with E-state index in [1.54, 1.807) is 0 Å². The maximum absolute atomic E-state index is 10.4. The third kappa shape index (κ3) is 4.69. The summed E-state index contributed by atoms with van der Waals surface area (Å²) < 4.78 is 14.4. The van der Waals surface area contributed by atoms with Gasteiger partial charge < -0.3 is 19.1 Å². The Kier molecular flexibility index (Phi) is 5.76. The largest absolute Gasteiger partial charge is 0.491 e. The molecular weight excluding hydrogens is 408 g/mol. The molecule has 1 saturated carbocycles. The molecule has 1 aliphatic rings. The van der Waals surface area contributed by atoms with E-state index in [0.717, 1.165) is 27.1 Å². The molecule has 1 fully saturated rings. The minimum absolute atomic E-state index is 0.278. The minimum atomic E-state index is -0.576. The van der Waals surface area contributed by atoms with Gasteiger partial charge in [0.1, 0.15) is 18.2 Å². The minimum Gasteiger partial charge on any atom is -0.491 e. The molecule has 3 aromatic rings. The van der Waals surface area contributed by atoms with E-state index >= 15 is 0 Å². The van der Waals surface area contributed by atoms with Gasteiger partial charge >= 0.3 is 0 Å². The van der Waals surface area contributed by atoms with Crippen LogP contribution in [0, 0.1) is 0 Å². The number of rotatable bonds is 9. The number of halogens is 1. The SMILES string of the molecule is OC(COCCOc1ccc(Br)cc1)Cn1c(C2CC2)nc2ccccc21. The second-order valence-electron chi connectivity index (χ2n) is 6.87. The summed E-state index contributed by atoms with van der Waals surface area (Å²) in [4.78, 5) is 4.76. The third-order valence-corrected chi connectivity index (χ3v) is 5.17. The Labute approximate surface area is 167 Å². The van der Waals surface area contributed by atoms with Crippen LogP contribution in [0.15, 0.2) is 53.0 Å². The molecule has 1 atom stereocenters. The summed E-state index contributed by atoms with van der Waals surface area (Å²) in [5.74, 6) is 2.43. The Morgan fingerprint density at radius 1 is 1.11 bits per heavy atom. The molecule has 6 heteroatoms. The number of nitrogens with zero attached hydrogens (tertiary/aromatic N) is 2. The zero-order valence-corrected chi connectivity index (χ0v) is 16.6. The Balaban J connectivity index is 1.27. The average Bonchev–Trinajstić information content (AvgIpc) is 3.46. The van der Waals surface area contributed by atoms with Crippen LogP contribution >= 0.6 is 15.9 Å². The lowest BCUT2D eigenvalue weighted by Gasteiger charge is -2.15.